The summed E-state index contributed by atoms with van der Waals surface area (Å²) in [4.78, 5) is 6.86. The molecule has 118 valence electrons. The van der Waals surface area contributed by atoms with Gasteiger partial charge in [-0.25, -0.2) is 0 Å². The van der Waals surface area contributed by atoms with Gasteiger partial charge >= 0.3 is 0 Å². The summed E-state index contributed by atoms with van der Waals surface area (Å²) in [5.74, 6) is 0. The van der Waals surface area contributed by atoms with Gasteiger partial charge in [0.05, 0.1) is 0 Å². The lowest BCUT2D eigenvalue weighted by atomic mass is 9.88. The molecule has 0 amide bonds. The molecule has 3 nitrogen and oxygen atoms in total. The Kier molecular flexibility index (Phi) is 4.99. The van der Waals surface area contributed by atoms with E-state index < -0.39 is 0 Å². The molecular weight excluding hydrogens is 278 g/mol. The molecule has 2 aliphatic rings. The lowest BCUT2D eigenvalue weighted by molar-refractivity contribution is 0.0624. The van der Waals surface area contributed by atoms with E-state index >= 15 is 0 Å². The van der Waals surface area contributed by atoms with E-state index in [0.29, 0.717) is 0 Å². The third kappa shape index (κ3) is 3.50. The number of likely N-dealkylation sites (tertiary alicyclic amines) is 1. The van der Waals surface area contributed by atoms with Crippen molar-refractivity contribution >= 4 is 11.3 Å². The highest BCUT2D eigenvalue weighted by Gasteiger charge is 2.44. The molecule has 0 aromatic carbocycles. The zero-order chi connectivity index (χ0) is 14.7. The molecule has 1 aromatic heterocycles. The van der Waals surface area contributed by atoms with Crippen molar-refractivity contribution in [3.05, 3.63) is 22.4 Å². The quantitative estimate of drug-likeness (QED) is 0.877. The highest BCUT2D eigenvalue weighted by Crippen LogP contribution is 2.39. The van der Waals surface area contributed by atoms with E-state index in [9.17, 15) is 0 Å². The summed E-state index contributed by atoms with van der Waals surface area (Å²) in [6.07, 6.45) is 6.52. The minimum absolute atomic E-state index is 0.231. The van der Waals surface area contributed by atoms with Crippen molar-refractivity contribution in [1.82, 2.24) is 9.80 Å². The Labute approximate surface area is 133 Å². The molecule has 1 atom stereocenters. The lowest BCUT2D eigenvalue weighted by Crippen LogP contribution is -2.54. The minimum Gasteiger partial charge on any atom is -0.329 e. The van der Waals surface area contributed by atoms with Crippen molar-refractivity contribution in [3.8, 4) is 0 Å². The average molecular weight is 308 g/mol. The molecule has 2 fully saturated rings. The van der Waals surface area contributed by atoms with Gasteiger partial charge in [0, 0.05) is 29.5 Å². The predicted molar refractivity (Wildman–Crippen MR) is 90.6 cm³/mol. The van der Waals surface area contributed by atoms with Crippen LogP contribution in [0.5, 0.6) is 0 Å². The molecule has 21 heavy (non-hydrogen) atoms. The summed E-state index contributed by atoms with van der Waals surface area (Å²) in [5.41, 5.74) is 6.56. The zero-order valence-electron chi connectivity index (χ0n) is 13.3. The second-order valence-corrected chi connectivity index (χ2v) is 7.69. The van der Waals surface area contributed by atoms with Crippen LogP contribution in [0.2, 0.25) is 0 Å². The highest BCUT2D eigenvalue weighted by atomic mass is 32.1. The van der Waals surface area contributed by atoms with E-state index in [2.05, 4.69) is 34.2 Å². The number of hydrogen-bond donors (Lipinski definition) is 1. The fourth-order valence-corrected chi connectivity index (χ4v) is 4.50. The van der Waals surface area contributed by atoms with Crippen LogP contribution in [0, 0.1) is 0 Å². The number of nitrogens with zero attached hydrogens (tertiary/aromatic N) is 2. The van der Waals surface area contributed by atoms with Crippen LogP contribution >= 0.6 is 11.3 Å². The van der Waals surface area contributed by atoms with Crippen LogP contribution < -0.4 is 5.73 Å². The van der Waals surface area contributed by atoms with Gasteiger partial charge in [0.2, 0.25) is 0 Å². The highest BCUT2D eigenvalue weighted by molar-refractivity contribution is 7.09. The Morgan fingerprint density at radius 3 is 2.86 bits per heavy atom. The van der Waals surface area contributed by atoms with Gasteiger partial charge in [-0.1, -0.05) is 13.0 Å². The molecule has 4 heteroatoms. The molecule has 1 aliphatic heterocycles. The van der Waals surface area contributed by atoms with Gasteiger partial charge in [0.1, 0.15) is 0 Å². The average Bonchev–Trinajstić information content (AvgIpc) is 3.27. The molecule has 1 saturated carbocycles. The molecule has 2 N–H and O–H groups in total. The van der Waals surface area contributed by atoms with Crippen LogP contribution in [-0.2, 0) is 6.54 Å². The molecule has 2 heterocycles. The first kappa shape index (κ1) is 15.5. The zero-order valence-corrected chi connectivity index (χ0v) is 14.1. The number of rotatable bonds is 6. The van der Waals surface area contributed by atoms with E-state index in [1.807, 2.05) is 11.3 Å². The fraction of sp³-hybridized carbons (Fsp3) is 0.765. The third-order valence-electron chi connectivity index (χ3n) is 5.34. The van der Waals surface area contributed by atoms with E-state index in [1.54, 1.807) is 0 Å². The SMILES string of the molecule is CCN1CCCC(CN)(N(Cc2cccs2)C2CC2)CC1. The first-order valence-corrected chi connectivity index (χ1v) is 9.37. The topological polar surface area (TPSA) is 32.5 Å². The van der Waals surface area contributed by atoms with E-state index in [0.717, 1.165) is 19.1 Å². The molecule has 0 bridgehead atoms. The van der Waals surface area contributed by atoms with Crippen LogP contribution in [-0.4, -0.2) is 47.6 Å². The molecule has 1 unspecified atom stereocenters. The standard InChI is InChI=1S/C17H29N3S/c1-2-19-10-4-8-17(14-18,9-11-19)20(15-6-7-15)13-16-5-3-12-21-16/h3,5,12,15H,2,4,6-11,13-14,18H2,1H3. The predicted octanol–water partition coefficient (Wildman–Crippen LogP) is 2.92. The van der Waals surface area contributed by atoms with Crippen molar-refractivity contribution in [1.29, 1.82) is 0 Å². The van der Waals surface area contributed by atoms with Crippen LogP contribution in [0.4, 0.5) is 0 Å². The smallest absolute Gasteiger partial charge is 0.0351 e. The summed E-state index contributed by atoms with van der Waals surface area (Å²) < 4.78 is 0. The largest absolute Gasteiger partial charge is 0.329 e. The second kappa shape index (κ2) is 6.78. The van der Waals surface area contributed by atoms with E-state index in [4.69, 9.17) is 5.73 Å². The van der Waals surface area contributed by atoms with Gasteiger partial charge in [-0.2, -0.15) is 0 Å². The monoisotopic (exact) mass is 307 g/mol. The summed E-state index contributed by atoms with van der Waals surface area (Å²) in [6, 6.07) is 5.23. The van der Waals surface area contributed by atoms with E-state index in [1.165, 1.54) is 56.6 Å². The summed E-state index contributed by atoms with van der Waals surface area (Å²) in [5, 5.41) is 2.20. The van der Waals surface area contributed by atoms with Crippen LogP contribution in [0.3, 0.4) is 0 Å². The van der Waals surface area contributed by atoms with Crippen LogP contribution in [0.15, 0.2) is 17.5 Å². The Hall–Kier alpha value is -0.420. The maximum absolute atomic E-state index is 6.33. The van der Waals surface area contributed by atoms with Gasteiger partial charge < -0.3 is 10.6 Å². The molecular formula is C17H29N3S. The van der Waals surface area contributed by atoms with Gasteiger partial charge in [-0.15, -0.1) is 11.3 Å². The Balaban J connectivity index is 1.77. The second-order valence-electron chi connectivity index (χ2n) is 6.65. The lowest BCUT2D eigenvalue weighted by Gasteiger charge is -2.43. The normalized spacial score (nSPS) is 28.0. The first-order valence-electron chi connectivity index (χ1n) is 8.49. The van der Waals surface area contributed by atoms with Crippen molar-refractivity contribution in [3.63, 3.8) is 0 Å². The first-order chi connectivity index (χ1) is 10.3. The van der Waals surface area contributed by atoms with Crippen molar-refractivity contribution in [2.45, 2.75) is 57.2 Å². The number of nitrogens with two attached hydrogens (primary N) is 1. The van der Waals surface area contributed by atoms with Crippen LogP contribution in [0.1, 0.15) is 43.9 Å². The fourth-order valence-electron chi connectivity index (χ4n) is 3.80. The Bertz CT molecular complexity index is 429. The van der Waals surface area contributed by atoms with Crippen molar-refractivity contribution in [2.24, 2.45) is 5.73 Å². The molecule has 1 saturated heterocycles. The van der Waals surface area contributed by atoms with Gasteiger partial charge in [0.15, 0.2) is 0 Å². The summed E-state index contributed by atoms with van der Waals surface area (Å²) >= 11 is 1.89. The van der Waals surface area contributed by atoms with Gasteiger partial charge in [0.25, 0.3) is 0 Å². The molecule has 0 radical (unpaired) electrons. The molecule has 1 aliphatic carbocycles. The van der Waals surface area contributed by atoms with Gasteiger partial charge in [-0.05, 0) is 63.2 Å². The molecule has 1 aromatic rings. The van der Waals surface area contributed by atoms with Gasteiger partial charge in [-0.3, -0.25) is 4.90 Å². The van der Waals surface area contributed by atoms with Crippen molar-refractivity contribution < 1.29 is 0 Å². The Morgan fingerprint density at radius 1 is 1.38 bits per heavy atom. The molecule has 3 rings (SSSR count). The maximum Gasteiger partial charge on any atom is 0.0351 e. The molecule has 0 spiro atoms. The van der Waals surface area contributed by atoms with Crippen LogP contribution in [0.25, 0.3) is 0 Å². The van der Waals surface area contributed by atoms with E-state index in [-0.39, 0.29) is 5.54 Å². The minimum atomic E-state index is 0.231. The number of hydrogen-bond acceptors (Lipinski definition) is 4. The third-order valence-corrected chi connectivity index (χ3v) is 6.20. The summed E-state index contributed by atoms with van der Waals surface area (Å²) in [6.45, 7) is 7.82. The van der Waals surface area contributed by atoms with Crippen molar-refractivity contribution in [2.75, 3.05) is 26.2 Å². The Morgan fingerprint density at radius 2 is 2.24 bits per heavy atom. The summed E-state index contributed by atoms with van der Waals surface area (Å²) in [7, 11) is 0. The maximum atomic E-state index is 6.33. The number of thiophene rings is 1.